The highest BCUT2D eigenvalue weighted by atomic mass is 16.5. The summed E-state index contributed by atoms with van der Waals surface area (Å²) in [6, 6.07) is 0.331. The number of anilines is 1. The van der Waals surface area contributed by atoms with Gasteiger partial charge < -0.3 is 14.8 Å². The molecule has 1 aliphatic rings. The van der Waals surface area contributed by atoms with E-state index in [-0.39, 0.29) is 5.97 Å². The number of carbonyl (C=O) groups is 1. The number of nitrogens with one attached hydrogen (secondary N) is 1. The maximum Gasteiger partial charge on any atom is 0.330 e. The van der Waals surface area contributed by atoms with Gasteiger partial charge in [-0.2, -0.15) is 0 Å². The fourth-order valence-electron chi connectivity index (χ4n) is 2.48. The Morgan fingerprint density at radius 3 is 2.74 bits per heavy atom. The van der Waals surface area contributed by atoms with Crippen LogP contribution in [0, 0.1) is 6.92 Å². The molecule has 126 valence electrons. The first kappa shape index (κ1) is 17.4. The normalized spacial score (nSPS) is 15.8. The molecular weight excluding hydrogens is 294 g/mol. The Morgan fingerprint density at radius 1 is 1.35 bits per heavy atom. The minimum Gasteiger partial charge on any atom is -0.463 e. The van der Waals surface area contributed by atoms with Gasteiger partial charge in [-0.05, 0) is 32.8 Å². The number of hydrogen-bond acceptors (Lipinski definition) is 6. The second-order valence-corrected chi connectivity index (χ2v) is 5.46. The SMILES string of the molecule is CCOC(=O)C=Cc1c(C)nc(CC)nc1NC1CCOCC1. The van der Waals surface area contributed by atoms with Gasteiger partial charge in [-0.15, -0.1) is 0 Å². The molecule has 0 aromatic carbocycles. The number of esters is 1. The van der Waals surface area contributed by atoms with Crippen molar-refractivity contribution in [1.29, 1.82) is 0 Å². The summed E-state index contributed by atoms with van der Waals surface area (Å²) in [5.41, 5.74) is 1.69. The molecule has 0 bridgehead atoms. The molecule has 6 nitrogen and oxygen atoms in total. The highest BCUT2D eigenvalue weighted by molar-refractivity contribution is 5.88. The second-order valence-electron chi connectivity index (χ2n) is 5.46. The van der Waals surface area contributed by atoms with Gasteiger partial charge in [-0.3, -0.25) is 0 Å². The van der Waals surface area contributed by atoms with E-state index >= 15 is 0 Å². The van der Waals surface area contributed by atoms with Crippen LogP contribution in [0.1, 0.15) is 43.8 Å². The number of ether oxygens (including phenoxy) is 2. The van der Waals surface area contributed by atoms with E-state index in [1.165, 1.54) is 6.08 Å². The Morgan fingerprint density at radius 2 is 2.09 bits per heavy atom. The van der Waals surface area contributed by atoms with Crippen molar-refractivity contribution in [2.45, 2.75) is 46.1 Å². The van der Waals surface area contributed by atoms with Crippen LogP contribution in [0.2, 0.25) is 0 Å². The maximum atomic E-state index is 11.6. The van der Waals surface area contributed by atoms with Crippen molar-refractivity contribution in [2.75, 3.05) is 25.1 Å². The van der Waals surface area contributed by atoms with Gasteiger partial charge in [0.25, 0.3) is 0 Å². The zero-order valence-electron chi connectivity index (χ0n) is 14.1. The molecule has 0 atom stereocenters. The molecule has 1 fully saturated rings. The quantitative estimate of drug-likeness (QED) is 0.641. The van der Waals surface area contributed by atoms with Crippen molar-refractivity contribution >= 4 is 17.9 Å². The van der Waals surface area contributed by atoms with Crippen molar-refractivity contribution in [3.8, 4) is 0 Å². The lowest BCUT2D eigenvalue weighted by atomic mass is 10.1. The summed E-state index contributed by atoms with van der Waals surface area (Å²) in [7, 11) is 0. The molecule has 1 aliphatic heterocycles. The standard InChI is InChI=1S/C17H25N3O3/c1-4-15-18-12(3)14(6-7-16(21)23-5-2)17(20-15)19-13-8-10-22-11-9-13/h6-7,13H,4-5,8-11H2,1-3H3,(H,18,19,20). The van der Waals surface area contributed by atoms with Crippen LogP contribution in [-0.2, 0) is 20.7 Å². The van der Waals surface area contributed by atoms with E-state index < -0.39 is 0 Å². The highest BCUT2D eigenvalue weighted by Gasteiger charge is 2.17. The molecule has 6 heteroatoms. The maximum absolute atomic E-state index is 11.6. The average molecular weight is 319 g/mol. The molecule has 2 heterocycles. The summed E-state index contributed by atoms with van der Waals surface area (Å²) in [5.74, 6) is 1.22. The lowest BCUT2D eigenvalue weighted by Gasteiger charge is -2.25. The van der Waals surface area contributed by atoms with Crippen LogP contribution < -0.4 is 5.32 Å². The van der Waals surface area contributed by atoms with Crippen molar-refractivity contribution in [2.24, 2.45) is 0 Å². The summed E-state index contributed by atoms with van der Waals surface area (Å²) in [4.78, 5) is 20.7. The summed E-state index contributed by atoms with van der Waals surface area (Å²) < 4.78 is 10.3. The predicted octanol–water partition coefficient (Wildman–Crippen LogP) is 2.51. The topological polar surface area (TPSA) is 73.3 Å². The van der Waals surface area contributed by atoms with Crippen molar-refractivity contribution in [3.05, 3.63) is 23.2 Å². The monoisotopic (exact) mass is 319 g/mol. The van der Waals surface area contributed by atoms with Gasteiger partial charge in [0.1, 0.15) is 11.6 Å². The average Bonchev–Trinajstić information content (AvgIpc) is 2.55. The van der Waals surface area contributed by atoms with E-state index in [1.54, 1.807) is 13.0 Å². The number of rotatable bonds is 6. The molecule has 0 amide bonds. The molecule has 0 unspecified atom stereocenters. The third kappa shape index (κ3) is 5.03. The van der Waals surface area contributed by atoms with Gasteiger partial charge in [0, 0.05) is 37.3 Å². The Hall–Kier alpha value is -1.95. The molecular formula is C17H25N3O3. The van der Waals surface area contributed by atoms with Crippen LogP contribution in [0.15, 0.2) is 6.08 Å². The van der Waals surface area contributed by atoms with Crippen LogP contribution in [0.3, 0.4) is 0 Å². The van der Waals surface area contributed by atoms with E-state index in [2.05, 4.69) is 15.3 Å². The lowest BCUT2D eigenvalue weighted by molar-refractivity contribution is -0.137. The van der Waals surface area contributed by atoms with E-state index in [0.29, 0.717) is 12.6 Å². The van der Waals surface area contributed by atoms with Gasteiger partial charge >= 0.3 is 5.97 Å². The number of hydrogen-bond donors (Lipinski definition) is 1. The molecule has 0 radical (unpaired) electrons. The Bertz CT molecular complexity index is 566. The van der Waals surface area contributed by atoms with Crippen molar-refractivity contribution in [3.63, 3.8) is 0 Å². The predicted molar refractivity (Wildman–Crippen MR) is 89.3 cm³/mol. The van der Waals surface area contributed by atoms with Crippen LogP contribution >= 0.6 is 0 Å². The molecule has 23 heavy (non-hydrogen) atoms. The van der Waals surface area contributed by atoms with Crippen LogP contribution in [0.4, 0.5) is 5.82 Å². The minimum absolute atomic E-state index is 0.331. The zero-order valence-corrected chi connectivity index (χ0v) is 14.1. The van der Waals surface area contributed by atoms with Crippen LogP contribution in [0.25, 0.3) is 6.08 Å². The molecule has 0 spiro atoms. The molecule has 0 saturated carbocycles. The van der Waals surface area contributed by atoms with Gasteiger partial charge in [0.05, 0.1) is 12.3 Å². The minimum atomic E-state index is -0.358. The summed E-state index contributed by atoms with van der Waals surface area (Å²) >= 11 is 0. The largest absolute Gasteiger partial charge is 0.463 e. The third-order valence-corrected chi connectivity index (χ3v) is 3.73. The first-order chi connectivity index (χ1) is 11.1. The van der Waals surface area contributed by atoms with E-state index in [1.807, 2.05) is 13.8 Å². The summed E-state index contributed by atoms with van der Waals surface area (Å²) in [6.07, 6.45) is 5.83. The van der Waals surface area contributed by atoms with Gasteiger partial charge in [0.15, 0.2) is 0 Å². The number of nitrogens with zero attached hydrogens (tertiary/aromatic N) is 2. The fraction of sp³-hybridized carbons (Fsp3) is 0.588. The van der Waals surface area contributed by atoms with Crippen LogP contribution in [-0.4, -0.2) is 41.8 Å². The van der Waals surface area contributed by atoms with E-state index in [9.17, 15) is 4.79 Å². The van der Waals surface area contributed by atoms with Gasteiger partial charge in [-0.25, -0.2) is 14.8 Å². The Kier molecular flexibility index (Phi) is 6.52. The number of aryl methyl sites for hydroxylation is 2. The summed E-state index contributed by atoms with van der Waals surface area (Å²) in [5, 5.41) is 3.49. The number of aromatic nitrogens is 2. The molecule has 2 rings (SSSR count). The molecule has 0 aliphatic carbocycles. The van der Waals surface area contributed by atoms with E-state index in [0.717, 1.165) is 55.4 Å². The van der Waals surface area contributed by atoms with E-state index in [4.69, 9.17) is 9.47 Å². The smallest absolute Gasteiger partial charge is 0.330 e. The summed E-state index contributed by atoms with van der Waals surface area (Å²) in [6.45, 7) is 7.63. The van der Waals surface area contributed by atoms with Crippen molar-refractivity contribution in [1.82, 2.24) is 9.97 Å². The fourth-order valence-corrected chi connectivity index (χ4v) is 2.48. The molecule has 1 saturated heterocycles. The Labute approximate surface area is 137 Å². The highest BCUT2D eigenvalue weighted by Crippen LogP contribution is 2.22. The molecule has 1 aromatic rings. The second kappa shape index (κ2) is 8.62. The first-order valence-electron chi connectivity index (χ1n) is 8.20. The lowest BCUT2D eigenvalue weighted by Crippen LogP contribution is -2.29. The Balaban J connectivity index is 2.25. The van der Waals surface area contributed by atoms with Gasteiger partial charge in [-0.1, -0.05) is 6.92 Å². The molecule has 1 N–H and O–H groups in total. The van der Waals surface area contributed by atoms with Crippen LogP contribution in [0.5, 0.6) is 0 Å². The van der Waals surface area contributed by atoms with Gasteiger partial charge in [0.2, 0.25) is 0 Å². The third-order valence-electron chi connectivity index (χ3n) is 3.73. The zero-order chi connectivity index (χ0) is 16.7. The number of carbonyl (C=O) groups excluding carboxylic acids is 1. The first-order valence-corrected chi connectivity index (χ1v) is 8.20. The van der Waals surface area contributed by atoms with Crippen molar-refractivity contribution < 1.29 is 14.3 Å². The molecule has 1 aromatic heterocycles.